The van der Waals surface area contributed by atoms with Gasteiger partial charge in [0, 0.05) is 6.42 Å². The van der Waals surface area contributed by atoms with Crippen molar-refractivity contribution >= 4 is 13.7 Å². The number of amides is 1. The van der Waals surface area contributed by atoms with Crippen LogP contribution in [-0.2, 0) is 18.4 Å². The van der Waals surface area contributed by atoms with Crippen LogP contribution in [0.2, 0.25) is 0 Å². The molecular formula is C72H125N2O6P. The quantitative estimate of drug-likeness (QED) is 0.0272. The van der Waals surface area contributed by atoms with Gasteiger partial charge in [-0.25, -0.2) is 0 Å². The topological polar surface area (TPSA) is 108 Å². The molecule has 0 fully saturated rings. The van der Waals surface area contributed by atoms with Gasteiger partial charge in [-0.2, -0.15) is 0 Å². The largest absolute Gasteiger partial charge is 0.756 e. The number of carbonyl (C=O) groups is 1. The average Bonchev–Trinajstić information content (AvgIpc) is 3.43. The van der Waals surface area contributed by atoms with E-state index in [0.717, 1.165) is 116 Å². The molecule has 0 saturated heterocycles. The molecule has 0 aliphatic heterocycles. The number of aliphatic hydroxyl groups is 1. The Balaban J connectivity index is 4.25. The van der Waals surface area contributed by atoms with E-state index in [0.29, 0.717) is 17.4 Å². The van der Waals surface area contributed by atoms with E-state index in [1.54, 1.807) is 6.08 Å². The summed E-state index contributed by atoms with van der Waals surface area (Å²) in [5, 5.41) is 13.9. The Morgan fingerprint density at radius 3 is 1.10 bits per heavy atom. The number of phosphoric ester groups is 1. The lowest BCUT2D eigenvalue weighted by molar-refractivity contribution is -0.870. The number of nitrogens with one attached hydrogen (secondary N) is 1. The Morgan fingerprint density at radius 1 is 0.444 bits per heavy atom. The van der Waals surface area contributed by atoms with Crippen LogP contribution >= 0.6 is 7.82 Å². The van der Waals surface area contributed by atoms with E-state index in [2.05, 4.69) is 141 Å². The van der Waals surface area contributed by atoms with E-state index in [4.69, 9.17) is 9.05 Å². The van der Waals surface area contributed by atoms with E-state index in [1.165, 1.54) is 128 Å². The second-order valence-electron chi connectivity index (χ2n) is 23.1. The van der Waals surface area contributed by atoms with Gasteiger partial charge in [-0.3, -0.25) is 9.36 Å². The normalized spacial score (nSPS) is 14.6. The Morgan fingerprint density at radius 2 is 0.753 bits per heavy atom. The Hall–Kier alpha value is -3.36. The molecule has 0 rings (SSSR count). The standard InChI is InChI=1S/C72H125N2O6P/c1-6-8-10-12-14-16-18-20-22-24-26-28-30-32-33-34-35-36-37-38-39-40-41-42-44-46-48-50-52-54-56-58-60-62-64-66-72(76)73-70(69-80-81(77,78)79-68-67-74(3,4)5)71(75)65-63-61-59-57-55-53-51-49-47-45-43-31-29-27-25-23-21-19-17-15-13-11-9-7-2/h8,10,14,16,20,22,26,28,32-33,35-36,38-39,41-42,46,48,52,54,63,65,70-71,75H,6-7,9,11-13,15,17-19,21,23-25,27,29-31,34,37,40,43-45,47,49-51,53,55-62,64,66-69H2,1-5H3,(H-,73,76,77,78)/b10-8-,16-14-,22-20-,28-26-,33-32-,36-35-,39-38-,42-41-,48-46-,54-52-,65-63+. The number of hydrogen-bond acceptors (Lipinski definition) is 6. The Kier molecular flexibility index (Phi) is 58.7. The van der Waals surface area contributed by atoms with Gasteiger partial charge in [0.25, 0.3) is 7.82 Å². The van der Waals surface area contributed by atoms with E-state index in [-0.39, 0.29) is 12.5 Å². The van der Waals surface area contributed by atoms with Crippen LogP contribution in [0.15, 0.2) is 134 Å². The molecule has 0 heterocycles. The molecular weight excluding hydrogens is 1020 g/mol. The van der Waals surface area contributed by atoms with Crippen LogP contribution in [0, 0.1) is 0 Å². The van der Waals surface area contributed by atoms with Gasteiger partial charge in [0.05, 0.1) is 39.9 Å². The van der Waals surface area contributed by atoms with Crippen LogP contribution in [0.3, 0.4) is 0 Å². The number of carbonyl (C=O) groups excluding carboxylic acids is 1. The minimum absolute atomic E-state index is 0.0132. The Bertz CT molecular complexity index is 1780. The first-order chi connectivity index (χ1) is 39.5. The second-order valence-corrected chi connectivity index (χ2v) is 24.5. The third-order valence-electron chi connectivity index (χ3n) is 14.1. The molecule has 2 N–H and O–H groups in total. The van der Waals surface area contributed by atoms with Gasteiger partial charge in [0.15, 0.2) is 0 Å². The highest BCUT2D eigenvalue weighted by molar-refractivity contribution is 7.45. The number of hydrogen-bond donors (Lipinski definition) is 2. The smallest absolute Gasteiger partial charge is 0.268 e. The summed E-state index contributed by atoms with van der Waals surface area (Å²) in [6.45, 7) is 4.52. The van der Waals surface area contributed by atoms with Crippen LogP contribution in [-0.4, -0.2) is 68.5 Å². The zero-order valence-corrected chi connectivity index (χ0v) is 53.8. The number of unbranched alkanes of at least 4 members (excludes halogenated alkanes) is 26. The lowest BCUT2D eigenvalue weighted by Gasteiger charge is -2.29. The predicted molar refractivity (Wildman–Crippen MR) is 352 cm³/mol. The van der Waals surface area contributed by atoms with Crippen LogP contribution in [0.5, 0.6) is 0 Å². The van der Waals surface area contributed by atoms with E-state index < -0.39 is 26.6 Å². The SMILES string of the molecule is CC/C=C\C/C=C\C/C=C\C/C=C\C/C=C\C/C=C\C/C=C\C/C=C\C/C=C\C/C=C\CCCCCCC(=O)NC(COP(=O)([O-])OCC[N+](C)(C)C)C(O)/C=C/CCCCCCCCCCCCCCCCCCCCCCCC. The molecule has 0 saturated carbocycles. The van der Waals surface area contributed by atoms with Crippen molar-refractivity contribution in [3.05, 3.63) is 134 Å². The van der Waals surface area contributed by atoms with E-state index >= 15 is 0 Å². The first kappa shape index (κ1) is 77.6. The van der Waals surface area contributed by atoms with Crippen molar-refractivity contribution in [2.45, 2.75) is 276 Å². The zero-order chi connectivity index (χ0) is 59.1. The molecule has 81 heavy (non-hydrogen) atoms. The summed E-state index contributed by atoms with van der Waals surface area (Å²) in [4.78, 5) is 25.6. The van der Waals surface area contributed by atoms with Gasteiger partial charge in [-0.15, -0.1) is 0 Å². The molecule has 3 atom stereocenters. The minimum Gasteiger partial charge on any atom is -0.756 e. The molecule has 1 amide bonds. The van der Waals surface area contributed by atoms with Crippen molar-refractivity contribution in [3.8, 4) is 0 Å². The number of nitrogens with zero attached hydrogens (tertiary/aromatic N) is 1. The number of allylic oxidation sites excluding steroid dienone is 21. The summed E-state index contributed by atoms with van der Waals surface area (Å²) in [7, 11) is 1.23. The van der Waals surface area contributed by atoms with Crippen molar-refractivity contribution in [2.75, 3.05) is 40.9 Å². The number of likely N-dealkylation sites (N-methyl/N-ethyl adjacent to an activating group) is 1. The highest BCUT2D eigenvalue weighted by atomic mass is 31.2. The molecule has 0 aliphatic rings. The monoisotopic (exact) mass is 1140 g/mol. The van der Waals surface area contributed by atoms with E-state index in [1.807, 2.05) is 27.2 Å². The maximum absolute atomic E-state index is 13.0. The highest BCUT2D eigenvalue weighted by Gasteiger charge is 2.23. The number of quaternary nitrogens is 1. The first-order valence-corrected chi connectivity index (χ1v) is 34.5. The molecule has 0 aromatic heterocycles. The summed E-state index contributed by atoms with van der Waals surface area (Å²) < 4.78 is 23.4. The van der Waals surface area contributed by atoms with Gasteiger partial charge >= 0.3 is 0 Å². The maximum Gasteiger partial charge on any atom is 0.268 e. The summed E-state index contributed by atoms with van der Waals surface area (Å²) in [5.74, 6) is -0.225. The zero-order valence-electron chi connectivity index (χ0n) is 52.9. The lowest BCUT2D eigenvalue weighted by Crippen LogP contribution is -2.45. The molecule has 0 aliphatic carbocycles. The average molecular weight is 1150 g/mol. The molecule has 464 valence electrons. The number of phosphoric acid groups is 1. The van der Waals surface area contributed by atoms with Crippen molar-refractivity contribution < 1.29 is 32.9 Å². The molecule has 0 bridgehead atoms. The summed E-state index contributed by atoms with van der Waals surface area (Å²) in [5.41, 5.74) is 0. The van der Waals surface area contributed by atoms with Crippen molar-refractivity contribution in [3.63, 3.8) is 0 Å². The Labute approximate surface area is 500 Å². The maximum atomic E-state index is 13.0. The number of aliphatic hydroxyl groups excluding tert-OH is 1. The van der Waals surface area contributed by atoms with Gasteiger partial charge < -0.3 is 28.8 Å². The molecule has 3 unspecified atom stereocenters. The van der Waals surface area contributed by atoms with Crippen LogP contribution < -0.4 is 10.2 Å². The van der Waals surface area contributed by atoms with Crippen LogP contribution in [0.25, 0.3) is 0 Å². The van der Waals surface area contributed by atoms with Gasteiger partial charge in [0.1, 0.15) is 13.2 Å². The third-order valence-corrected chi connectivity index (χ3v) is 15.1. The second kappa shape index (κ2) is 61.2. The molecule has 0 spiro atoms. The highest BCUT2D eigenvalue weighted by Crippen LogP contribution is 2.38. The predicted octanol–water partition coefficient (Wildman–Crippen LogP) is 20.4. The van der Waals surface area contributed by atoms with Crippen molar-refractivity contribution in [1.29, 1.82) is 0 Å². The van der Waals surface area contributed by atoms with Gasteiger partial charge in [0.2, 0.25) is 5.91 Å². The van der Waals surface area contributed by atoms with Gasteiger partial charge in [-0.1, -0.05) is 295 Å². The van der Waals surface area contributed by atoms with Crippen LogP contribution in [0.4, 0.5) is 0 Å². The fraction of sp³-hybridized carbons (Fsp3) is 0.681. The fourth-order valence-electron chi connectivity index (χ4n) is 9.01. The molecule has 0 aromatic carbocycles. The van der Waals surface area contributed by atoms with E-state index in [9.17, 15) is 19.4 Å². The van der Waals surface area contributed by atoms with Gasteiger partial charge in [-0.05, 0) is 96.3 Å². The third kappa shape index (κ3) is 64.1. The summed E-state index contributed by atoms with van der Waals surface area (Å²) >= 11 is 0. The summed E-state index contributed by atoms with van der Waals surface area (Å²) in [6.07, 6.45) is 92.6. The minimum atomic E-state index is -4.62. The van der Waals surface area contributed by atoms with Crippen molar-refractivity contribution in [2.24, 2.45) is 0 Å². The molecule has 0 radical (unpaired) electrons. The molecule has 0 aromatic rings. The molecule has 8 nitrogen and oxygen atoms in total. The first-order valence-electron chi connectivity index (χ1n) is 33.0. The fourth-order valence-corrected chi connectivity index (χ4v) is 9.73. The summed E-state index contributed by atoms with van der Waals surface area (Å²) in [6, 6.07) is -0.912. The van der Waals surface area contributed by atoms with Crippen molar-refractivity contribution in [1.82, 2.24) is 5.32 Å². The number of rotatable bonds is 59. The lowest BCUT2D eigenvalue weighted by atomic mass is 10.0. The molecule has 9 heteroatoms. The van der Waals surface area contributed by atoms with Crippen LogP contribution in [0.1, 0.15) is 264 Å².